The summed E-state index contributed by atoms with van der Waals surface area (Å²) in [5.74, 6) is 2.53. The lowest BCUT2D eigenvalue weighted by Crippen LogP contribution is -2.66. The van der Waals surface area contributed by atoms with Crippen molar-refractivity contribution >= 4 is 0 Å². The van der Waals surface area contributed by atoms with Crippen LogP contribution in [0.15, 0.2) is 15.3 Å². The molecule has 3 fully saturated rings. The number of aliphatic hydroxyl groups is 1. The van der Waals surface area contributed by atoms with E-state index in [1.165, 1.54) is 0 Å². The van der Waals surface area contributed by atoms with Crippen molar-refractivity contribution in [3.63, 3.8) is 0 Å². The molecule has 1 N–H and O–H groups in total. The number of fused-ring (bicyclic) bond motifs is 6. The molecular weight excluding hydrogens is 376 g/mol. The van der Waals surface area contributed by atoms with Gasteiger partial charge in [-0.05, 0) is 86.9 Å². The van der Waals surface area contributed by atoms with Gasteiger partial charge in [-0.25, -0.2) is 0 Å². The van der Waals surface area contributed by atoms with Gasteiger partial charge in [0.15, 0.2) is 5.43 Å². The number of aryl methyl sites for hydroxylation is 1. The number of hydrogen-bond acceptors (Lipinski definition) is 4. The van der Waals surface area contributed by atoms with Crippen molar-refractivity contribution in [3.05, 3.63) is 27.6 Å². The molecule has 1 aromatic rings. The summed E-state index contributed by atoms with van der Waals surface area (Å²) in [5.41, 5.74) is 0.832. The molecule has 4 aliphatic rings. The summed E-state index contributed by atoms with van der Waals surface area (Å²) in [5, 5.41) is 10.8. The number of rotatable bonds is 0. The molecule has 4 nitrogen and oxygen atoms in total. The van der Waals surface area contributed by atoms with E-state index in [0.29, 0.717) is 29.5 Å². The summed E-state index contributed by atoms with van der Waals surface area (Å²) in [6, 6.07) is 1.61. The van der Waals surface area contributed by atoms with Crippen molar-refractivity contribution < 1.29 is 14.3 Å². The van der Waals surface area contributed by atoms with Crippen molar-refractivity contribution in [2.75, 3.05) is 0 Å². The van der Waals surface area contributed by atoms with Crippen LogP contribution in [0.5, 0.6) is 5.95 Å². The Morgan fingerprint density at radius 2 is 1.57 bits per heavy atom. The first-order valence-corrected chi connectivity index (χ1v) is 11.9. The Bertz CT molecular complexity index is 931. The average molecular weight is 415 g/mol. The second kappa shape index (κ2) is 6.15. The molecule has 3 saturated carbocycles. The van der Waals surface area contributed by atoms with Gasteiger partial charge in [0.25, 0.3) is 5.95 Å². The van der Waals surface area contributed by atoms with Crippen LogP contribution in [0.2, 0.25) is 0 Å². The van der Waals surface area contributed by atoms with E-state index in [4.69, 9.17) is 9.15 Å². The van der Waals surface area contributed by atoms with E-state index in [-0.39, 0.29) is 33.4 Å². The number of aliphatic hydroxyl groups excluding tert-OH is 1. The van der Waals surface area contributed by atoms with E-state index in [1.54, 1.807) is 6.07 Å². The minimum Gasteiger partial charge on any atom is -0.458 e. The molecule has 2 heterocycles. The molecule has 5 rings (SSSR count). The molecule has 0 unspecified atom stereocenters. The fourth-order valence-corrected chi connectivity index (χ4v) is 8.82. The minimum atomic E-state index is -0.283. The number of ether oxygens (including phenoxy) is 1. The van der Waals surface area contributed by atoms with Crippen LogP contribution in [0.1, 0.15) is 84.5 Å². The van der Waals surface area contributed by atoms with Gasteiger partial charge in [-0.1, -0.05) is 27.7 Å². The smallest absolute Gasteiger partial charge is 0.292 e. The summed E-state index contributed by atoms with van der Waals surface area (Å²) in [6.07, 6.45) is 7.00. The lowest BCUT2D eigenvalue weighted by Gasteiger charge is -2.68. The first-order chi connectivity index (χ1) is 13.9. The molecule has 0 bridgehead atoms. The van der Waals surface area contributed by atoms with Crippen molar-refractivity contribution in [2.45, 2.75) is 98.2 Å². The van der Waals surface area contributed by atoms with Gasteiger partial charge in [0.05, 0.1) is 11.7 Å². The summed E-state index contributed by atoms with van der Waals surface area (Å²) in [7, 11) is 0. The van der Waals surface area contributed by atoms with Crippen molar-refractivity contribution in [1.82, 2.24) is 0 Å². The molecule has 3 aliphatic carbocycles. The maximum absolute atomic E-state index is 12.8. The van der Waals surface area contributed by atoms with Crippen LogP contribution in [-0.4, -0.2) is 16.8 Å². The Morgan fingerprint density at radius 3 is 2.30 bits per heavy atom. The predicted octanol–water partition coefficient (Wildman–Crippen LogP) is 5.27. The van der Waals surface area contributed by atoms with Crippen molar-refractivity contribution in [3.8, 4) is 5.95 Å². The van der Waals surface area contributed by atoms with E-state index in [2.05, 4.69) is 34.6 Å². The first-order valence-electron chi connectivity index (χ1n) is 11.9. The molecule has 0 amide bonds. The topological polar surface area (TPSA) is 59.7 Å². The quantitative estimate of drug-likeness (QED) is 0.628. The average Bonchev–Trinajstić information content (AvgIpc) is 2.63. The molecular formula is C26H38O4. The molecule has 1 aromatic heterocycles. The zero-order valence-corrected chi connectivity index (χ0v) is 19.5. The molecule has 0 radical (unpaired) electrons. The molecule has 0 spiro atoms. The van der Waals surface area contributed by atoms with Crippen LogP contribution in [0, 0.1) is 40.9 Å². The van der Waals surface area contributed by atoms with Crippen LogP contribution < -0.4 is 10.2 Å². The maximum atomic E-state index is 12.8. The lowest BCUT2D eigenvalue weighted by molar-refractivity contribution is -0.226. The zero-order valence-electron chi connectivity index (χ0n) is 19.5. The summed E-state index contributed by atoms with van der Waals surface area (Å²) < 4.78 is 12.4. The van der Waals surface area contributed by atoms with Gasteiger partial charge in [0.2, 0.25) is 0 Å². The van der Waals surface area contributed by atoms with Crippen LogP contribution in [-0.2, 0) is 6.42 Å². The molecule has 30 heavy (non-hydrogen) atoms. The molecule has 0 aromatic carbocycles. The lowest BCUT2D eigenvalue weighted by atomic mass is 9.37. The molecule has 1 aliphatic heterocycles. The minimum absolute atomic E-state index is 0.0384. The highest BCUT2D eigenvalue weighted by molar-refractivity contribution is 5.31. The summed E-state index contributed by atoms with van der Waals surface area (Å²) in [4.78, 5) is 12.8. The van der Waals surface area contributed by atoms with E-state index < -0.39 is 0 Å². The van der Waals surface area contributed by atoms with Gasteiger partial charge >= 0.3 is 0 Å². The van der Waals surface area contributed by atoms with E-state index in [1.807, 2.05) is 6.92 Å². The van der Waals surface area contributed by atoms with Crippen LogP contribution in [0.25, 0.3) is 0 Å². The third kappa shape index (κ3) is 2.52. The molecule has 0 saturated heterocycles. The fraction of sp³-hybridized carbons (Fsp3) is 0.808. The molecule has 166 valence electrons. The van der Waals surface area contributed by atoms with Crippen molar-refractivity contribution in [2.24, 2.45) is 34.0 Å². The third-order valence-electron chi connectivity index (χ3n) is 10.4. The molecule has 4 heteroatoms. The first kappa shape index (κ1) is 20.6. The van der Waals surface area contributed by atoms with E-state index in [0.717, 1.165) is 50.5 Å². The van der Waals surface area contributed by atoms with Gasteiger partial charge in [-0.2, -0.15) is 0 Å². The van der Waals surface area contributed by atoms with E-state index in [9.17, 15) is 9.90 Å². The highest BCUT2D eigenvalue weighted by Crippen LogP contribution is 2.70. The summed E-state index contributed by atoms with van der Waals surface area (Å²) in [6.45, 7) is 13.6. The van der Waals surface area contributed by atoms with Gasteiger partial charge in [0.1, 0.15) is 11.4 Å². The van der Waals surface area contributed by atoms with Crippen molar-refractivity contribution in [1.29, 1.82) is 0 Å². The largest absolute Gasteiger partial charge is 0.458 e. The Morgan fingerprint density at radius 1 is 0.933 bits per heavy atom. The zero-order chi connectivity index (χ0) is 21.7. The van der Waals surface area contributed by atoms with Crippen LogP contribution in [0.3, 0.4) is 0 Å². The highest BCUT2D eigenvalue weighted by Gasteiger charge is 2.66. The van der Waals surface area contributed by atoms with E-state index >= 15 is 0 Å². The maximum Gasteiger partial charge on any atom is 0.292 e. The van der Waals surface area contributed by atoms with Crippen LogP contribution >= 0.6 is 0 Å². The van der Waals surface area contributed by atoms with Gasteiger partial charge in [-0.3, -0.25) is 4.79 Å². The predicted molar refractivity (Wildman–Crippen MR) is 117 cm³/mol. The highest BCUT2D eigenvalue weighted by atomic mass is 16.6. The number of hydrogen-bond donors (Lipinski definition) is 1. The second-order valence-electron chi connectivity index (χ2n) is 12.2. The normalized spacial score (nSPS) is 46.6. The monoisotopic (exact) mass is 414 g/mol. The Balaban J connectivity index is 1.57. The molecule has 7 atom stereocenters. The summed E-state index contributed by atoms with van der Waals surface area (Å²) >= 11 is 0. The second-order valence-corrected chi connectivity index (χ2v) is 12.2. The van der Waals surface area contributed by atoms with Gasteiger partial charge < -0.3 is 14.3 Å². The SMILES string of the molecule is Cc1cc(=O)c2c(o1)O[C@@]1(C)CC[C@@H]3[C@@]4(C)CC[C@H](O)C(C)(C)[C@@H]4CC[C@@]3(C)[C@@H]1C2. The Labute approximate surface area is 180 Å². The third-order valence-corrected chi connectivity index (χ3v) is 10.4. The van der Waals surface area contributed by atoms with Gasteiger partial charge in [-0.15, -0.1) is 0 Å². The fourth-order valence-electron chi connectivity index (χ4n) is 8.82. The Hall–Kier alpha value is -1.29. The van der Waals surface area contributed by atoms with Crippen LogP contribution in [0.4, 0.5) is 0 Å². The van der Waals surface area contributed by atoms with Gasteiger partial charge in [0, 0.05) is 12.0 Å². The Kier molecular flexibility index (Phi) is 4.22. The standard InChI is InChI=1S/C26H38O4/c1-15-13-17(27)16-14-20-25(5)10-7-18-23(2,3)21(28)9-11-24(18,4)19(25)8-12-26(20,6)30-22(16)29-15/h13,18-21,28H,7-12,14H2,1-6H3/t18-,19+,20-,21-,24-,25+,26-/m0/s1.